The highest BCUT2D eigenvalue weighted by atomic mass is 16.6. The van der Waals surface area contributed by atoms with Crippen LogP contribution in [0.1, 0.15) is 46.5 Å². The second-order valence-corrected chi connectivity index (χ2v) is 14.5. The number of esters is 1. The van der Waals surface area contributed by atoms with E-state index in [0.29, 0.717) is 37.6 Å². The van der Waals surface area contributed by atoms with E-state index >= 15 is 0 Å². The molecule has 9 atom stereocenters. The summed E-state index contributed by atoms with van der Waals surface area (Å²) in [6, 6.07) is -0.0203. The summed E-state index contributed by atoms with van der Waals surface area (Å²) in [5.41, 5.74) is -0.00897. The van der Waals surface area contributed by atoms with Gasteiger partial charge in [0.15, 0.2) is 0 Å². The van der Waals surface area contributed by atoms with Gasteiger partial charge in [-0.2, -0.15) is 0 Å². The zero-order valence-electron chi connectivity index (χ0n) is 26.9. The molecular weight excluding hydrogens is 574 g/mol. The van der Waals surface area contributed by atoms with Gasteiger partial charge in [0.1, 0.15) is 17.5 Å². The fourth-order valence-corrected chi connectivity index (χ4v) is 9.57. The van der Waals surface area contributed by atoms with Gasteiger partial charge in [0.05, 0.1) is 44.1 Å². The SMILES string of the molecule is CCC1C(=O)N2C=C(/C=C3C=C(/C=C/C4C5(CO5)C(N5CCOCC5)CC5[C@]4(C)CC[C@@H](O)[C@@]5(C)CO)C(=O)O\3)C=CC2N1C. The van der Waals surface area contributed by atoms with Crippen LogP contribution in [0.5, 0.6) is 0 Å². The number of aliphatic hydroxyl groups excluding tert-OH is 2. The molecule has 3 saturated heterocycles. The number of allylic oxidation sites excluding steroid dienone is 4. The van der Waals surface area contributed by atoms with E-state index in [0.717, 1.165) is 37.9 Å². The molecule has 6 unspecified atom stereocenters. The van der Waals surface area contributed by atoms with Gasteiger partial charge in [-0.3, -0.25) is 19.5 Å². The first kappa shape index (κ1) is 31.0. The van der Waals surface area contributed by atoms with Crippen LogP contribution in [0.15, 0.2) is 59.6 Å². The number of nitrogens with zero attached hydrogens (tertiary/aromatic N) is 3. The largest absolute Gasteiger partial charge is 0.423 e. The lowest BCUT2D eigenvalue weighted by Crippen LogP contribution is -2.67. The number of carbonyl (C=O) groups is 2. The fraction of sp³-hybridized carbons (Fsp3) is 0.657. The molecule has 7 aliphatic rings. The Morgan fingerprint density at radius 3 is 2.62 bits per heavy atom. The Kier molecular flexibility index (Phi) is 7.78. The van der Waals surface area contributed by atoms with Crippen molar-refractivity contribution < 1.29 is 34.0 Å². The number of fused-ring (bicyclic) bond motifs is 2. The number of epoxide rings is 1. The van der Waals surface area contributed by atoms with Crippen LogP contribution >= 0.6 is 0 Å². The number of morpholine rings is 1. The third-order valence-electron chi connectivity index (χ3n) is 12.3. The first-order valence-electron chi connectivity index (χ1n) is 16.6. The number of likely N-dealkylation sites (N-methyl/N-ethyl adjacent to an activating group) is 1. The Morgan fingerprint density at radius 1 is 1.18 bits per heavy atom. The topological polar surface area (TPSA) is 115 Å². The zero-order valence-corrected chi connectivity index (χ0v) is 26.9. The molecule has 0 aromatic heterocycles. The Morgan fingerprint density at radius 2 is 1.93 bits per heavy atom. The number of amides is 1. The van der Waals surface area contributed by atoms with Crippen LogP contribution in [0.4, 0.5) is 0 Å². The lowest BCUT2D eigenvalue weighted by molar-refractivity contribution is -0.186. The second kappa shape index (κ2) is 11.3. The quantitative estimate of drug-likeness (QED) is 0.341. The van der Waals surface area contributed by atoms with Crippen molar-refractivity contribution in [1.29, 1.82) is 0 Å². The lowest BCUT2D eigenvalue weighted by Gasteiger charge is -2.63. The lowest BCUT2D eigenvalue weighted by atomic mass is 9.44. The van der Waals surface area contributed by atoms with E-state index in [1.54, 1.807) is 17.1 Å². The van der Waals surface area contributed by atoms with Gasteiger partial charge in [-0.1, -0.05) is 39.0 Å². The summed E-state index contributed by atoms with van der Waals surface area (Å²) in [6.45, 7) is 9.90. The van der Waals surface area contributed by atoms with Crippen molar-refractivity contribution >= 4 is 11.9 Å². The van der Waals surface area contributed by atoms with E-state index < -0.39 is 17.5 Å². The Labute approximate surface area is 265 Å². The van der Waals surface area contributed by atoms with Gasteiger partial charge in [0.25, 0.3) is 0 Å². The van der Waals surface area contributed by atoms with Gasteiger partial charge in [-0.05, 0) is 67.9 Å². The highest BCUT2D eigenvalue weighted by Crippen LogP contribution is 2.66. The molecular formula is C35H47N3O7. The molecule has 0 aromatic rings. The maximum atomic E-state index is 13.1. The molecule has 45 heavy (non-hydrogen) atoms. The van der Waals surface area contributed by atoms with Gasteiger partial charge in [-0.25, -0.2) is 4.79 Å². The van der Waals surface area contributed by atoms with E-state index in [-0.39, 0.29) is 53.6 Å². The standard InChI is InChI=1S/C35H47N3O7/c1-5-25-31(41)38-19-22(6-9-30(38)36(25)4)16-24-17-23(32(42)45-24)7-8-26-33(2)11-10-29(40)34(3,20-39)27(33)18-28(35(26)21-44-35)37-12-14-43-15-13-37/h6-9,16-17,19,25-30,39-40H,5,10-15,18,20-21H2,1-4H3/b8-7+,24-16+/t25?,26?,27?,28?,29-,30?,33-,34+,35?/m1/s1. The van der Waals surface area contributed by atoms with Crippen molar-refractivity contribution in [1.82, 2.24) is 14.7 Å². The molecule has 0 bridgehead atoms. The first-order chi connectivity index (χ1) is 21.6. The molecule has 0 radical (unpaired) electrons. The number of carbonyl (C=O) groups excluding carboxylic acids is 2. The summed E-state index contributed by atoms with van der Waals surface area (Å²) in [5.74, 6) is 0.134. The molecule has 2 saturated carbocycles. The molecule has 5 heterocycles. The molecule has 1 amide bonds. The maximum absolute atomic E-state index is 13.1. The van der Waals surface area contributed by atoms with Crippen molar-refractivity contribution in [3.8, 4) is 0 Å². The molecule has 244 valence electrons. The first-order valence-corrected chi connectivity index (χ1v) is 16.6. The second-order valence-electron chi connectivity index (χ2n) is 14.5. The normalized spacial score (nSPS) is 44.4. The molecule has 0 aromatic carbocycles. The minimum Gasteiger partial charge on any atom is -0.423 e. The van der Waals surface area contributed by atoms with Crippen molar-refractivity contribution in [2.24, 2.45) is 22.7 Å². The van der Waals surface area contributed by atoms with Crippen LogP contribution in [0.2, 0.25) is 0 Å². The molecule has 10 heteroatoms. The maximum Gasteiger partial charge on any atom is 0.343 e. The average Bonchev–Trinajstić information content (AvgIpc) is 3.68. The minimum absolute atomic E-state index is 0.0256. The summed E-state index contributed by atoms with van der Waals surface area (Å²) in [7, 11) is 1.97. The highest BCUT2D eigenvalue weighted by molar-refractivity contribution is 5.95. The van der Waals surface area contributed by atoms with Crippen molar-refractivity contribution in [3.63, 3.8) is 0 Å². The number of ether oxygens (including phenoxy) is 3. The molecule has 2 aliphatic carbocycles. The summed E-state index contributed by atoms with van der Waals surface area (Å²) in [4.78, 5) is 32.3. The number of aliphatic hydroxyl groups is 2. The summed E-state index contributed by atoms with van der Waals surface area (Å²) >= 11 is 0. The highest BCUT2D eigenvalue weighted by Gasteiger charge is 2.71. The predicted octanol–water partition coefficient (Wildman–Crippen LogP) is 2.51. The number of hydrogen-bond acceptors (Lipinski definition) is 9. The summed E-state index contributed by atoms with van der Waals surface area (Å²) < 4.78 is 17.8. The van der Waals surface area contributed by atoms with Crippen LogP contribution < -0.4 is 0 Å². The molecule has 5 fully saturated rings. The van der Waals surface area contributed by atoms with Crippen LogP contribution in [0, 0.1) is 22.7 Å². The van der Waals surface area contributed by atoms with E-state index in [9.17, 15) is 19.8 Å². The van der Waals surface area contributed by atoms with Gasteiger partial charge in [0, 0.05) is 36.7 Å². The Balaban J connectivity index is 1.18. The predicted molar refractivity (Wildman–Crippen MR) is 166 cm³/mol. The monoisotopic (exact) mass is 621 g/mol. The summed E-state index contributed by atoms with van der Waals surface area (Å²) in [6.07, 6.45) is 15.7. The van der Waals surface area contributed by atoms with Gasteiger partial charge in [0.2, 0.25) is 5.91 Å². The van der Waals surface area contributed by atoms with Gasteiger partial charge >= 0.3 is 5.97 Å². The van der Waals surface area contributed by atoms with Crippen LogP contribution in [-0.4, -0.2) is 113 Å². The minimum atomic E-state index is -0.634. The van der Waals surface area contributed by atoms with Crippen LogP contribution in [0.25, 0.3) is 0 Å². The average molecular weight is 622 g/mol. The van der Waals surface area contributed by atoms with E-state index in [2.05, 4.69) is 22.8 Å². The molecule has 5 aliphatic heterocycles. The fourth-order valence-electron chi connectivity index (χ4n) is 9.57. The number of cyclic esters (lactones) is 1. The van der Waals surface area contributed by atoms with Crippen LogP contribution in [0.3, 0.4) is 0 Å². The molecule has 2 N–H and O–H groups in total. The van der Waals surface area contributed by atoms with Gasteiger partial charge in [-0.15, -0.1) is 0 Å². The van der Waals surface area contributed by atoms with Crippen molar-refractivity contribution in [2.45, 2.75) is 76.4 Å². The molecule has 7 rings (SSSR count). The van der Waals surface area contributed by atoms with E-state index in [1.165, 1.54) is 0 Å². The number of rotatable bonds is 6. The molecule has 10 nitrogen and oxygen atoms in total. The van der Waals surface area contributed by atoms with Crippen LogP contribution in [-0.2, 0) is 23.8 Å². The third kappa shape index (κ3) is 4.83. The Bertz CT molecular complexity index is 1390. The zero-order chi connectivity index (χ0) is 31.7. The van der Waals surface area contributed by atoms with Gasteiger partial charge < -0.3 is 24.4 Å². The van der Waals surface area contributed by atoms with E-state index in [4.69, 9.17) is 14.2 Å². The Hall–Kier alpha value is -2.60. The number of hydrogen-bond donors (Lipinski definition) is 2. The third-order valence-corrected chi connectivity index (χ3v) is 12.3. The van der Waals surface area contributed by atoms with E-state index in [1.807, 2.05) is 45.3 Å². The van der Waals surface area contributed by atoms with Crippen molar-refractivity contribution in [3.05, 3.63) is 59.6 Å². The smallest absolute Gasteiger partial charge is 0.343 e. The summed E-state index contributed by atoms with van der Waals surface area (Å²) in [5, 5.41) is 21.8. The van der Waals surface area contributed by atoms with Crippen molar-refractivity contribution in [2.75, 3.05) is 46.6 Å². The molecule has 1 spiro atoms.